The smallest absolute Gasteiger partial charge is 0.159 e. The third-order valence-corrected chi connectivity index (χ3v) is 10.5. The van der Waals surface area contributed by atoms with Gasteiger partial charge in [-0.25, -0.2) is 15.0 Å². The molecule has 1 heterocycles. The van der Waals surface area contributed by atoms with Gasteiger partial charge >= 0.3 is 0 Å². The minimum Gasteiger partial charge on any atom is -0.292 e. The maximum absolute atomic E-state index is 9.54. The molecule has 0 N–H and O–H groups in total. The molecule has 0 bridgehead atoms. The van der Waals surface area contributed by atoms with Crippen molar-refractivity contribution in [2.24, 2.45) is 9.98 Å². The van der Waals surface area contributed by atoms with Crippen molar-refractivity contribution < 1.29 is 0 Å². The van der Waals surface area contributed by atoms with Gasteiger partial charge in [0.2, 0.25) is 0 Å². The molecule has 0 aliphatic heterocycles. The van der Waals surface area contributed by atoms with Crippen LogP contribution in [0.3, 0.4) is 0 Å². The van der Waals surface area contributed by atoms with Gasteiger partial charge in [-0.05, 0) is 100 Å². The van der Waals surface area contributed by atoms with Crippen LogP contribution in [-0.2, 0) is 6.42 Å². The Hall–Kier alpha value is -7.94. The molecule has 0 unspecified atom stereocenters. The largest absolute Gasteiger partial charge is 0.292 e. The Morgan fingerprint density at radius 1 is 0.569 bits per heavy atom. The Morgan fingerprint density at radius 3 is 1.86 bits per heavy atom. The second-order valence-electron chi connectivity index (χ2n) is 14.1. The fraction of sp³-hybridized carbons (Fsp3) is 0.0189. The molecule has 58 heavy (non-hydrogen) atoms. The van der Waals surface area contributed by atoms with Crippen LogP contribution in [0.15, 0.2) is 210 Å². The van der Waals surface area contributed by atoms with Gasteiger partial charge in [0.15, 0.2) is 5.84 Å². The summed E-state index contributed by atoms with van der Waals surface area (Å²) in [4.78, 5) is 14.2. The van der Waals surface area contributed by atoms with Crippen LogP contribution in [0.25, 0.3) is 61.5 Å². The van der Waals surface area contributed by atoms with E-state index in [0.29, 0.717) is 17.8 Å². The van der Waals surface area contributed by atoms with Gasteiger partial charge in [-0.2, -0.15) is 5.26 Å². The van der Waals surface area contributed by atoms with Gasteiger partial charge in [0.05, 0.1) is 28.4 Å². The van der Waals surface area contributed by atoms with Crippen LogP contribution in [0.5, 0.6) is 0 Å². The number of hydrogen-bond acceptors (Lipinski definition) is 3. The number of aromatic nitrogens is 2. The minimum atomic E-state index is 0.596. The average molecular weight is 744 g/mol. The van der Waals surface area contributed by atoms with Gasteiger partial charge in [0, 0.05) is 16.8 Å². The Balaban J connectivity index is 1.10. The van der Waals surface area contributed by atoms with Crippen molar-refractivity contribution >= 4 is 29.3 Å². The second-order valence-corrected chi connectivity index (χ2v) is 14.1. The fourth-order valence-electron chi connectivity index (χ4n) is 7.60. The van der Waals surface area contributed by atoms with Gasteiger partial charge in [-0.1, -0.05) is 158 Å². The van der Waals surface area contributed by atoms with Crippen molar-refractivity contribution in [3.8, 4) is 56.5 Å². The summed E-state index contributed by atoms with van der Waals surface area (Å²) >= 11 is 0. The zero-order chi connectivity index (χ0) is 39.3. The molecule has 274 valence electrons. The summed E-state index contributed by atoms with van der Waals surface area (Å²) in [5.74, 6) is 1.50. The molecule has 0 saturated heterocycles. The summed E-state index contributed by atoms with van der Waals surface area (Å²) in [6, 6.07) is 70.9. The van der Waals surface area contributed by atoms with Crippen molar-refractivity contribution in [3.63, 3.8) is 0 Å². The topological polar surface area (TPSA) is 66.3 Å². The number of hydrogen-bond donors (Lipinski definition) is 0. The lowest BCUT2D eigenvalue weighted by molar-refractivity contribution is 1.10. The highest BCUT2D eigenvalue weighted by Gasteiger charge is 2.17. The van der Waals surface area contributed by atoms with Crippen LogP contribution in [0.1, 0.15) is 22.3 Å². The molecule has 0 atom stereocenters. The van der Waals surface area contributed by atoms with E-state index in [0.717, 1.165) is 78.3 Å². The van der Waals surface area contributed by atoms with Crippen molar-refractivity contribution in [1.29, 1.82) is 5.26 Å². The molecule has 8 aromatic carbocycles. The number of benzene rings is 8. The predicted molar refractivity (Wildman–Crippen MR) is 239 cm³/mol. The van der Waals surface area contributed by atoms with E-state index in [1.54, 1.807) is 0 Å². The SMILES string of the molecule is C=NC(=Nc1ccccc1Cc1ccc(-c2c(-c3ccc(C#N)cc3)cccc2-c2ccc(-n3c(-c4ccccc4)nc4ccccc43)cc2)cc1)c1ccccc1. The number of nitrogens with zero attached hydrogens (tertiary/aromatic N) is 5. The van der Waals surface area contributed by atoms with Gasteiger partial charge in [0.25, 0.3) is 0 Å². The first-order valence-electron chi connectivity index (χ1n) is 19.2. The third-order valence-electron chi connectivity index (χ3n) is 10.5. The van der Waals surface area contributed by atoms with Gasteiger partial charge in [-0.15, -0.1) is 0 Å². The number of imidazole rings is 1. The van der Waals surface area contributed by atoms with E-state index in [9.17, 15) is 5.26 Å². The van der Waals surface area contributed by atoms with Crippen LogP contribution in [-0.4, -0.2) is 22.1 Å². The van der Waals surface area contributed by atoms with Crippen molar-refractivity contribution in [3.05, 3.63) is 222 Å². The number of amidine groups is 1. The summed E-state index contributed by atoms with van der Waals surface area (Å²) in [6.07, 6.45) is 0.707. The van der Waals surface area contributed by atoms with E-state index in [4.69, 9.17) is 9.98 Å². The van der Waals surface area contributed by atoms with Crippen molar-refractivity contribution in [2.75, 3.05) is 0 Å². The van der Waals surface area contributed by atoms with E-state index >= 15 is 0 Å². The molecule has 0 spiro atoms. The lowest BCUT2D eigenvalue weighted by atomic mass is 9.87. The van der Waals surface area contributed by atoms with Gasteiger partial charge < -0.3 is 0 Å². The lowest BCUT2D eigenvalue weighted by Crippen LogP contribution is -1.98. The molecule has 5 heteroatoms. The highest BCUT2D eigenvalue weighted by Crippen LogP contribution is 2.41. The molecular weight excluding hydrogens is 707 g/mol. The van der Waals surface area contributed by atoms with Crippen LogP contribution in [0.2, 0.25) is 0 Å². The number of nitriles is 1. The zero-order valence-electron chi connectivity index (χ0n) is 31.7. The maximum Gasteiger partial charge on any atom is 0.159 e. The van der Waals surface area contributed by atoms with E-state index in [2.05, 4.69) is 132 Å². The first-order chi connectivity index (χ1) is 28.7. The first kappa shape index (κ1) is 35.7. The summed E-state index contributed by atoms with van der Waals surface area (Å²) in [5.41, 5.74) is 15.4. The number of fused-ring (bicyclic) bond motifs is 1. The summed E-state index contributed by atoms with van der Waals surface area (Å²) in [5, 5.41) is 9.54. The van der Waals surface area contributed by atoms with Crippen LogP contribution in [0.4, 0.5) is 5.69 Å². The Bertz CT molecular complexity index is 2950. The van der Waals surface area contributed by atoms with Crippen molar-refractivity contribution in [1.82, 2.24) is 9.55 Å². The maximum atomic E-state index is 9.54. The molecule has 0 saturated carbocycles. The van der Waals surface area contributed by atoms with Crippen LogP contribution >= 0.6 is 0 Å². The average Bonchev–Trinajstić information content (AvgIpc) is 3.69. The lowest BCUT2D eigenvalue weighted by Gasteiger charge is -2.18. The Kier molecular flexibility index (Phi) is 9.88. The van der Waals surface area contributed by atoms with Crippen LogP contribution < -0.4 is 0 Å². The molecular formula is C53H37N5. The molecule has 0 fully saturated rings. The number of para-hydroxylation sites is 3. The molecule has 9 aromatic rings. The van der Waals surface area contributed by atoms with Gasteiger partial charge in [-0.3, -0.25) is 4.57 Å². The minimum absolute atomic E-state index is 0.596. The van der Waals surface area contributed by atoms with Crippen molar-refractivity contribution in [2.45, 2.75) is 6.42 Å². The standard InChI is InChI=1S/C53H37N5/c1-55-52(42-13-4-2-5-14-42)56-48-20-9-8-17-44(48)35-37-23-29-41(30-24-37)51-46(39-27-25-38(36-54)26-28-39)18-12-19-47(51)40-31-33-45(34-32-40)58-50-22-11-10-21-49(50)57-53(58)43-15-6-3-7-16-43/h2-34H,1,35H2. The van der Waals surface area contributed by atoms with E-state index in [-0.39, 0.29) is 0 Å². The second kappa shape index (κ2) is 16.0. The summed E-state index contributed by atoms with van der Waals surface area (Å²) in [6.45, 7) is 3.80. The Labute approximate surface area is 338 Å². The number of rotatable bonds is 9. The third kappa shape index (κ3) is 7.14. The monoisotopic (exact) mass is 743 g/mol. The Morgan fingerprint density at radius 2 is 1.17 bits per heavy atom. The zero-order valence-corrected chi connectivity index (χ0v) is 31.7. The van der Waals surface area contributed by atoms with Crippen LogP contribution in [0, 0.1) is 11.3 Å². The van der Waals surface area contributed by atoms with E-state index in [1.165, 1.54) is 5.56 Å². The van der Waals surface area contributed by atoms with Gasteiger partial charge in [0.1, 0.15) is 5.82 Å². The summed E-state index contributed by atoms with van der Waals surface area (Å²) in [7, 11) is 0. The molecule has 5 nitrogen and oxygen atoms in total. The highest BCUT2D eigenvalue weighted by molar-refractivity contribution is 6.03. The normalized spacial score (nSPS) is 11.3. The van der Waals surface area contributed by atoms with E-state index in [1.807, 2.05) is 91.0 Å². The molecule has 0 radical (unpaired) electrons. The van der Waals surface area contributed by atoms with E-state index < -0.39 is 0 Å². The molecule has 9 rings (SSSR count). The summed E-state index contributed by atoms with van der Waals surface area (Å²) < 4.78 is 2.24. The highest BCUT2D eigenvalue weighted by atomic mass is 15.1. The molecule has 0 amide bonds. The number of aliphatic imine (C=N–C) groups is 2. The molecule has 1 aromatic heterocycles. The predicted octanol–water partition coefficient (Wildman–Crippen LogP) is 12.9. The first-order valence-corrected chi connectivity index (χ1v) is 19.2. The quantitative estimate of drug-likeness (QED) is 0.109. The molecule has 0 aliphatic rings. The molecule has 0 aliphatic carbocycles. The fourth-order valence-corrected chi connectivity index (χ4v) is 7.60.